The normalized spacial score (nSPS) is 12.7. The highest BCUT2D eigenvalue weighted by atomic mass is 79.9. The first-order chi connectivity index (χ1) is 8.67. The van der Waals surface area contributed by atoms with Gasteiger partial charge in [0.15, 0.2) is 0 Å². The molecule has 0 fully saturated rings. The van der Waals surface area contributed by atoms with Crippen molar-refractivity contribution in [1.29, 1.82) is 0 Å². The van der Waals surface area contributed by atoms with Crippen LogP contribution in [0, 0.1) is 5.82 Å². The summed E-state index contributed by atoms with van der Waals surface area (Å²) in [5.41, 5.74) is 0.735. The van der Waals surface area contributed by atoms with Gasteiger partial charge in [0.1, 0.15) is 5.82 Å². The van der Waals surface area contributed by atoms with Crippen LogP contribution in [0.15, 0.2) is 22.7 Å². The van der Waals surface area contributed by atoms with E-state index in [4.69, 9.17) is 4.74 Å². The highest BCUT2D eigenvalue weighted by molar-refractivity contribution is 9.10. The molecule has 1 rings (SSSR count). The maximum atomic E-state index is 13.6. The number of rotatable bonds is 8. The third-order valence-corrected chi connectivity index (χ3v) is 3.33. The topological polar surface area (TPSA) is 21.3 Å². The molecule has 1 unspecified atom stereocenters. The summed E-state index contributed by atoms with van der Waals surface area (Å²) < 4.78 is 20.0. The van der Waals surface area contributed by atoms with E-state index in [9.17, 15) is 4.39 Å². The van der Waals surface area contributed by atoms with Crippen molar-refractivity contribution in [2.75, 3.05) is 20.3 Å². The summed E-state index contributed by atoms with van der Waals surface area (Å²) in [7, 11) is 1.90. The van der Waals surface area contributed by atoms with Crippen LogP contribution in [0.25, 0.3) is 0 Å². The zero-order chi connectivity index (χ0) is 13.4. The maximum absolute atomic E-state index is 13.6. The van der Waals surface area contributed by atoms with Gasteiger partial charge in [0, 0.05) is 23.7 Å². The number of ether oxygens (including phenoxy) is 1. The van der Waals surface area contributed by atoms with Gasteiger partial charge in [0.05, 0.1) is 0 Å². The Labute approximate surface area is 117 Å². The van der Waals surface area contributed by atoms with E-state index in [2.05, 4.69) is 28.2 Å². The summed E-state index contributed by atoms with van der Waals surface area (Å²) >= 11 is 3.37. The second-order valence-corrected chi connectivity index (χ2v) is 5.24. The summed E-state index contributed by atoms with van der Waals surface area (Å²) in [5.74, 6) is -0.145. The van der Waals surface area contributed by atoms with E-state index in [0.29, 0.717) is 6.42 Å². The molecule has 0 aliphatic heterocycles. The number of benzene rings is 1. The fourth-order valence-electron chi connectivity index (χ4n) is 1.79. The van der Waals surface area contributed by atoms with Gasteiger partial charge in [-0.15, -0.1) is 0 Å². The third kappa shape index (κ3) is 5.46. The second-order valence-electron chi connectivity index (χ2n) is 4.33. The van der Waals surface area contributed by atoms with E-state index in [-0.39, 0.29) is 11.9 Å². The molecule has 0 radical (unpaired) electrons. The molecule has 0 amide bonds. The van der Waals surface area contributed by atoms with Crippen molar-refractivity contribution in [3.8, 4) is 0 Å². The van der Waals surface area contributed by atoms with Crippen LogP contribution < -0.4 is 5.32 Å². The largest absolute Gasteiger partial charge is 0.381 e. The number of hydrogen-bond donors (Lipinski definition) is 1. The van der Waals surface area contributed by atoms with E-state index in [1.807, 2.05) is 13.1 Å². The molecule has 0 saturated carbocycles. The van der Waals surface area contributed by atoms with E-state index in [0.717, 1.165) is 36.1 Å². The van der Waals surface area contributed by atoms with Crippen molar-refractivity contribution in [3.05, 3.63) is 34.1 Å². The van der Waals surface area contributed by atoms with Crippen LogP contribution in [0.2, 0.25) is 0 Å². The quantitative estimate of drug-likeness (QED) is 0.740. The highest BCUT2D eigenvalue weighted by Crippen LogP contribution is 2.17. The molecule has 0 aromatic heterocycles. The average Bonchev–Trinajstić information content (AvgIpc) is 2.37. The van der Waals surface area contributed by atoms with Crippen LogP contribution in [-0.4, -0.2) is 26.3 Å². The van der Waals surface area contributed by atoms with E-state index < -0.39 is 0 Å². The minimum Gasteiger partial charge on any atom is -0.381 e. The Balaban J connectivity index is 2.48. The summed E-state index contributed by atoms with van der Waals surface area (Å²) in [6.45, 7) is 3.60. The first kappa shape index (κ1) is 15.6. The molecule has 0 aliphatic rings. The summed E-state index contributed by atoms with van der Waals surface area (Å²) in [5, 5.41) is 3.21. The van der Waals surface area contributed by atoms with Gasteiger partial charge in [0.2, 0.25) is 0 Å². The molecule has 4 heteroatoms. The first-order valence-electron chi connectivity index (χ1n) is 6.36. The number of hydrogen-bond acceptors (Lipinski definition) is 2. The minimum atomic E-state index is -0.145. The van der Waals surface area contributed by atoms with Crippen molar-refractivity contribution < 1.29 is 9.13 Å². The Bertz CT molecular complexity index is 360. The van der Waals surface area contributed by atoms with Crippen LogP contribution in [0.3, 0.4) is 0 Å². The average molecular weight is 318 g/mol. The lowest BCUT2D eigenvalue weighted by Crippen LogP contribution is -2.29. The van der Waals surface area contributed by atoms with E-state index in [1.165, 1.54) is 6.07 Å². The van der Waals surface area contributed by atoms with Crippen LogP contribution in [-0.2, 0) is 11.2 Å². The molecule has 18 heavy (non-hydrogen) atoms. The van der Waals surface area contributed by atoms with Gasteiger partial charge < -0.3 is 10.1 Å². The monoisotopic (exact) mass is 317 g/mol. The van der Waals surface area contributed by atoms with Crippen molar-refractivity contribution in [1.82, 2.24) is 5.32 Å². The smallest absolute Gasteiger partial charge is 0.126 e. The highest BCUT2D eigenvalue weighted by Gasteiger charge is 2.11. The van der Waals surface area contributed by atoms with Crippen LogP contribution in [0.4, 0.5) is 4.39 Å². The van der Waals surface area contributed by atoms with Crippen molar-refractivity contribution >= 4 is 15.9 Å². The molecule has 2 nitrogen and oxygen atoms in total. The lowest BCUT2D eigenvalue weighted by molar-refractivity contribution is 0.125. The molecular formula is C14H21BrFNO. The SMILES string of the molecule is CCCOCCC(Cc1cc(Br)ccc1F)NC. The molecule has 1 aromatic rings. The Morgan fingerprint density at radius 3 is 2.83 bits per heavy atom. The lowest BCUT2D eigenvalue weighted by atomic mass is 10.0. The van der Waals surface area contributed by atoms with Crippen LogP contribution >= 0.6 is 15.9 Å². The molecule has 0 spiro atoms. The van der Waals surface area contributed by atoms with Gasteiger partial charge in [-0.05, 0) is 50.1 Å². The van der Waals surface area contributed by atoms with Gasteiger partial charge >= 0.3 is 0 Å². The van der Waals surface area contributed by atoms with Crippen LogP contribution in [0.5, 0.6) is 0 Å². The summed E-state index contributed by atoms with van der Waals surface area (Å²) in [4.78, 5) is 0. The number of nitrogens with one attached hydrogen (secondary N) is 1. The maximum Gasteiger partial charge on any atom is 0.126 e. The molecule has 1 N–H and O–H groups in total. The molecule has 0 heterocycles. The summed E-state index contributed by atoms with van der Waals surface area (Å²) in [6.07, 6.45) is 2.60. The molecule has 0 saturated heterocycles. The van der Waals surface area contributed by atoms with E-state index >= 15 is 0 Å². The Kier molecular flexibility index (Phi) is 7.47. The number of halogens is 2. The molecular weight excluding hydrogens is 297 g/mol. The molecule has 0 bridgehead atoms. The van der Waals surface area contributed by atoms with Gasteiger partial charge in [-0.2, -0.15) is 0 Å². The fraction of sp³-hybridized carbons (Fsp3) is 0.571. The van der Waals surface area contributed by atoms with Crippen molar-refractivity contribution in [3.63, 3.8) is 0 Å². The first-order valence-corrected chi connectivity index (χ1v) is 7.15. The van der Waals surface area contributed by atoms with Gasteiger partial charge in [-0.25, -0.2) is 4.39 Å². The Morgan fingerprint density at radius 2 is 2.17 bits per heavy atom. The van der Waals surface area contributed by atoms with Gasteiger partial charge in [-0.1, -0.05) is 22.9 Å². The lowest BCUT2D eigenvalue weighted by Gasteiger charge is -2.16. The summed E-state index contributed by atoms with van der Waals surface area (Å²) in [6, 6.07) is 5.30. The van der Waals surface area contributed by atoms with Gasteiger partial charge in [0.25, 0.3) is 0 Å². The Hall–Kier alpha value is -0.450. The second kappa shape index (κ2) is 8.62. The number of likely N-dealkylation sites (N-methyl/N-ethyl adjacent to an activating group) is 1. The zero-order valence-corrected chi connectivity index (χ0v) is 12.6. The van der Waals surface area contributed by atoms with Crippen molar-refractivity contribution in [2.24, 2.45) is 0 Å². The predicted molar refractivity (Wildman–Crippen MR) is 76.4 cm³/mol. The minimum absolute atomic E-state index is 0.145. The standard InChI is InChI=1S/C14H21BrFNO/c1-3-7-18-8-6-13(17-2)10-11-9-12(15)4-5-14(11)16/h4-5,9,13,17H,3,6-8,10H2,1-2H3. The Morgan fingerprint density at radius 1 is 1.39 bits per heavy atom. The molecule has 102 valence electrons. The molecule has 1 aromatic carbocycles. The van der Waals surface area contributed by atoms with Gasteiger partial charge in [-0.3, -0.25) is 0 Å². The fourth-order valence-corrected chi connectivity index (χ4v) is 2.19. The van der Waals surface area contributed by atoms with Crippen LogP contribution in [0.1, 0.15) is 25.3 Å². The van der Waals surface area contributed by atoms with E-state index in [1.54, 1.807) is 6.07 Å². The van der Waals surface area contributed by atoms with Crippen molar-refractivity contribution in [2.45, 2.75) is 32.2 Å². The zero-order valence-electron chi connectivity index (χ0n) is 11.0. The predicted octanol–water partition coefficient (Wildman–Crippen LogP) is 3.54. The third-order valence-electron chi connectivity index (χ3n) is 2.84. The molecule has 1 atom stereocenters. The molecule has 0 aliphatic carbocycles.